The van der Waals surface area contributed by atoms with Crippen molar-refractivity contribution in [2.24, 2.45) is 5.92 Å². The van der Waals surface area contributed by atoms with Crippen LogP contribution in [0.4, 0.5) is 0 Å². The first-order valence-corrected chi connectivity index (χ1v) is 8.41. The van der Waals surface area contributed by atoms with Crippen molar-refractivity contribution >= 4 is 11.8 Å². The van der Waals surface area contributed by atoms with Crippen molar-refractivity contribution < 1.29 is 9.59 Å². The molecule has 1 rings (SSSR count). The SMILES string of the molecule is CC(=O)N[C@H](CC(=O)N[C@@H](C)CCC(C)C)c1ccc(C)cc1. The first kappa shape index (κ1) is 19.2. The van der Waals surface area contributed by atoms with Gasteiger partial charge in [0.15, 0.2) is 0 Å². The topological polar surface area (TPSA) is 58.2 Å². The summed E-state index contributed by atoms with van der Waals surface area (Å²) < 4.78 is 0. The number of benzene rings is 1. The molecule has 0 aliphatic carbocycles. The van der Waals surface area contributed by atoms with E-state index in [0.717, 1.165) is 24.0 Å². The minimum absolute atomic E-state index is 0.0272. The van der Waals surface area contributed by atoms with E-state index in [9.17, 15) is 9.59 Å². The lowest BCUT2D eigenvalue weighted by molar-refractivity contribution is -0.123. The van der Waals surface area contributed by atoms with Gasteiger partial charge in [0, 0.05) is 13.0 Å². The molecule has 0 heterocycles. The molecule has 128 valence electrons. The lowest BCUT2D eigenvalue weighted by Gasteiger charge is -2.20. The molecule has 0 saturated heterocycles. The van der Waals surface area contributed by atoms with E-state index >= 15 is 0 Å². The molecule has 2 atom stereocenters. The van der Waals surface area contributed by atoms with Crippen molar-refractivity contribution in [2.75, 3.05) is 0 Å². The van der Waals surface area contributed by atoms with Crippen LogP contribution in [0.3, 0.4) is 0 Å². The van der Waals surface area contributed by atoms with Crippen LogP contribution in [0.2, 0.25) is 0 Å². The van der Waals surface area contributed by atoms with Crippen LogP contribution in [0.25, 0.3) is 0 Å². The van der Waals surface area contributed by atoms with Gasteiger partial charge in [0.2, 0.25) is 11.8 Å². The molecule has 2 N–H and O–H groups in total. The van der Waals surface area contributed by atoms with E-state index in [-0.39, 0.29) is 30.3 Å². The largest absolute Gasteiger partial charge is 0.354 e. The van der Waals surface area contributed by atoms with Crippen LogP contribution in [-0.4, -0.2) is 17.9 Å². The second kappa shape index (κ2) is 9.33. The van der Waals surface area contributed by atoms with Gasteiger partial charge in [0.05, 0.1) is 12.5 Å². The standard InChI is InChI=1S/C19H30N2O2/c1-13(2)6-9-15(4)20-19(23)12-18(21-16(5)22)17-10-7-14(3)8-11-17/h7-8,10-11,13,15,18H,6,9,12H2,1-5H3,(H,20,23)(H,21,22)/t15-,18+/m0/s1. The number of amides is 2. The fraction of sp³-hybridized carbons (Fsp3) is 0.579. The van der Waals surface area contributed by atoms with Crippen LogP contribution in [0.5, 0.6) is 0 Å². The molecule has 1 aromatic rings. The summed E-state index contributed by atoms with van der Waals surface area (Å²) in [4.78, 5) is 23.7. The van der Waals surface area contributed by atoms with E-state index in [1.54, 1.807) is 0 Å². The van der Waals surface area contributed by atoms with Gasteiger partial charge < -0.3 is 10.6 Å². The van der Waals surface area contributed by atoms with Gasteiger partial charge in [0.25, 0.3) is 0 Å². The zero-order chi connectivity index (χ0) is 17.4. The number of carbonyl (C=O) groups excluding carboxylic acids is 2. The Balaban J connectivity index is 2.64. The Morgan fingerprint density at radius 2 is 1.61 bits per heavy atom. The molecule has 0 aromatic heterocycles. The van der Waals surface area contributed by atoms with Gasteiger partial charge in [-0.3, -0.25) is 9.59 Å². The quantitative estimate of drug-likeness (QED) is 0.770. The predicted octanol–water partition coefficient (Wildman–Crippen LogP) is 3.50. The fourth-order valence-corrected chi connectivity index (χ4v) is 2.47. The van der Waals surface area contributed by atoms with Crippen LogP contribution in [0, 0.1) is 12.8 Å². The maximum absolute atomic E-state index is 12.3. The Kier molecular flexibility index (Phi) is 7.79. The van der Waals surface area contributed by atoms with Gasteiger partial charge in [-0.25, -0.2) is 0 Å². The molecule has 0 fully saturated rings. The zero-order valence-corrected chi connectivity index (χ0v) is 15.0. The van der Waals surface area contributed by atoms with Crippen molar-refractivity contribution in [3.63, 3.8) is 0 Å². The normalized spacial score (nSPS) is 13.5. The van der Waals surface area contributed by atoms with E-state index in [1.165, 1.54) is 6.92 Å². The third-order valence-corrected chi connectivity index (χ3v) is 3.83. The molecule has 0 aliphatic heterocycles. The molecule has 0 aliphatic rings. The van der Waals surface area contributed by atoms with Gasteiger partial charge in [0.1, 0.15) is 0 Å². The van der Waals surface area contributed by atoms with Gasteiger partial charge in [-0.1, -0.05) is 43.7 Å². The molecule has 0 bridgehead atoms. The number of nitrogens with one attached hydrogen (secondary N) is 2. The fourth-order valence-electron chi connectivity index (χ4n) is 2.47. The lowest BCUT2D eigenvalue weighted by atomic mass is 10.0. The smallest absolute Gasteiger partial charge is 0.222 e. The molecule has 23 heavy (non-hydrogen) atoms. The molecule has 1 aromatic carbocycles. The minimum Gasteiger partial charge on any atom is -0.354 e. The Bertz CT molecular complexity index is 509. The van der Waals surface area contributed by atoms with Crippen LogP contribution in [0.15, 0.2) is 24.3 Å². The third-order valence-electron chi connectivity index (χ3n) is 3.83. The Hall–Kier alpha value is -1.84. The summed E-state index contributed by atoms with van der Waals surface area (Å²) >= 11 is 0. The second-order valence-electron chi connectivity index (χ2n) is 6.81. The Labute approximate surface area is 140 Å². The molecule has 4 nitrogen and oxygen atoms in total. The summed E-state index contributed by atoms with van der Waals surface area (Å²) in [5.74, 6) is 0.478. The molecule has 2 amide bonds. The van der Waals surface area contributed by atoms with Gasteiger partial charge in [-0.2, -0.15) is 0 Å². The van der Waals surface area contributed by atoms with Gasteiger partial charge >= 0.3 is 0 Å². The van der Waals surface area contributed by atoms with Crippen LogP contribution >= 0.6 is 0 Å². The summed E-state index contributed by atoms with van der Waals surface area (Å²) in [6.07, 6.45) is 2.32. The average Bonchev–Trinajstić information content (AvgIpc) is 2.44. The molecular formula is C19H30N2O2. The van der Waals surface area contributed by atoms with E-state index in [1.807, 2.05) is 38.1 Å². The zero-order valence-electron chi connectivity index (χ0n) is 15.0. The van der Waals surface area contributed by atoms with Crippen LogP contribution in [0.1, 0.15) is 64.1 Å². The summed E-state index contributed by atoms with van der Waals surface area (Å²) in [5.41, 5.74) is 2.11. The predicted molar refractivity (Wildman–Crippen MR) is 94.0 cm³/mol. The monoisotopic (exact) mass is 318 g/mol. The highest BCUT2D eigenvalue weighted by Crippen LogP contribution is 2.18. The number of carbonyl (C=O) groups is 2. The summed E-state index contributed by atoms with van der Waals surface area (Å²) in [6.45, 7) is 9.88. The highest BCUT2D eigenvalue weighted by atomic mass is 16.2. The van der Waals surface area contributed by atoms with Crippen molar-refractivity contribution in [3.8, 4) is 0 Å². The van der Waals surface area contributed by atoms with E-state index in [2.05, 4.69) is 24.5 Å². The molecule has 0 unspecified atom stereocenters. The first-order valence-electron chi connectivity index (χ1n) is 8.41. The molecule has 0 spiro atoms. The Morgan fingerprint density at radius 3 is 2.13 bits per heavy atom. The lowest BCUT2D eigenvalue weighted by Crippen LogP contribution is -2.36. The van der Waals surface area contributed by atoms with Crippen molar-refractivity contribution in [1.29, 1.82) is 0 Å². The first-order chi connectivity index (χ1) is 10.8. The number of hydrogen-bond acceptors (Lipinski definition) is 2. The van der Waals surface area contributed by atoms with Crippen molar-refractivity contribution in [3.05, 3.63) is 35.4 Å². The maximum atomic E-state index is 12.3. The highest BCUT2D eigenvalue weighted by molar-refractivity contribution is 5.79. The van der Waals surface area contributed by atoms with Crippen LogP contribution < -0.4 is 10.6 Å². The Morgan fingerprint density at radius 1 is 1.00 bits per heavy atom. The van der Waals surface area contributed by atoms with E-state index < -0.39 is 0 Å². The van der Waals surface area contributed by atoms with E-state index in [0.29, 0.717) is 5.92 Å². The highest BCUT2D eigenvalue weighted by Gasteiger charge is 2.18. The average molecular weight is 318 g/mol. The number of hydrogen-bond donors (Lipinski definition) is 2. The second-order valence-corrected chi connectivity index (χ2v) is 6.81. The van der Waals surface area contributed by atoms with E-state index in [4.69, 9.17) is 0 Å². The summed E-state index contributed by atoms with van der Waals surface area (Å²) in [5, 5.41) is 5.90. The van der Waals surface area contributed by atoms with Gasteiger partial charge in [-0.15, -0.1) is 0 Å². The number of aryl methyl sites for hydroxylation is 1. The molecule has 4 heteroatoms. The number of rotatable bonds is 8. The van der Waals surface area contributed by atoms with Crippen LogP contribution in [-0.2, 0) is 9.59 Å². The van der Waals surface area contributed by atoms with Crippen molar-refractivity contribution in [1.82, 2.24) is 10.6 Å². The van der Waals surface area contributed by atoms with Gasteiger partial charge in [-0.05, 0) is 38.2 Å². The summed E-state index contributed by atoms with van der Waals surface area (Å²) in [6, 6.07) is 7.78. The molecular weight excluding hydrogens is 288 g/mol. The molecule has 0 saturated carbocycles. The molecule has 0 radical (unpaired) electrons. The minimum atomic E-state index is -0.287. The van der Waals surface area contributed by atoms with Crippen molar-refractivity contribution in [2.45, 2.75) is 66.0 Å². The maximum Gasteiger partial charge on any atom is 0.222 e. The third kappa shape index (κ3) is 7.82. The summed E-state index contributed by atoms with van der Waals surface area (Å²) in [7, 11) is 0.